The van der Waals surface area contributed by atoms with Crippen molar-refractivity contribution in [3.05, 3.63) is 28.8 Å². The molecule has 1 rings (SSSR count). The van der Waals surface area contributed by atoms with Crippen LogP contribution in [0.4, 0.5) is 0 Å². The van der Waals surface area contributed by atoms with E-state index < -0.39 is 13.3 Å². The topological polar surface area (TPSA) is 76.0 Å². The van der Waals surface area contributed by atoms with Crippen LogP contribution in [0.3, 0.4) is 0 Å². The van der Waals surface area contributed by atoms with Gasteiger partial charge in [-0.15, -0.1) is 0 Å². The van der Waals surface area contributed by atoms with Gasteiger partial charge in [-0.2, -0.15) is 0 Å². The molecule has 0 saturated carbocycles. The number of halogens is 1. The van der Waals surface area contributed by atoms with E-state index in [0.717, 1.165) is 0 Å². The first-order valence-corrected chi connectivity index (χ1v) is 4.33. The molecule has 2 N–H and O–H groups in total. The van der Waals surface area contributed by atoms with Gasteiger partial charge in [0, 0.05) is 0 Å². The third-order valence-electron chi connectivity index (χ3n) is 1.58. The molecular formula is C8H8BClO5. The highest BCUT2D eigenvalue weighted by Gasteiger charge is 2.15. The molecule has 7 heteroatoms. The van der Waals surface area contributed by atoms with Crippen molar-refractivity contribution in [2.24, 2.45) is 0 Å². The van der Waals surface area contributed by atoms with Crippen molar-refractivity contribution in [2.75, 3.05) is 7.11 Å². The molecule has 0 aliphatic heterocycles. The van der Waals surface area contributed by atoms with Crippen LogP contribution in [0.2, 0.25) is 5.02 Å². The largest absolute Gasteiger partial charge is 0.707 e. The summed E-state index contributed by atoms with van der Waals surface area (Å²) in [5, 5.41) is 17.3. The number of hydrogen-bond donors (Lipinski definition) is 2. The van der Waals surface area contributed by atoms with Gasteiger partial charge in [0.15, 0.2) is 0 Å². The second-order valence-electron chi connectivity index (χ2n) is 2.58. The quantitative estimate of drug-likeness (QED) is 0.583. The SMILES string of the molecule is COC(=O)c1cc(OB(O)O)ccc1Cl. The van der Waals surface area contributed by atoms with Gasteiger partial charge < -0.3 is 19.4 Å². The number of carbonyl (C=O) groups excluding carboxylic acids is 1. The fourth-order valence-electron chi connectivity index (χ4n) is 0.966. The number of ether oxygens (including phenoxy) is 1. The van der Waals surface area contributed by atoms with Gasteiger partial charge in [0.1, 0.15) is 5.75 Å². The van der Waals surface area contributed by atoms with Gasteiger partial charge in [-0.1, -0.05) is 11.6 Å². The molecule has 0 aliphatic carbocycles. The highest BCUT2D eigenvalue weighted by molar-refractivity contribution is 6.34. The number of methoxy groups -OCH3 is 1. The molecule has 1 aromatic carbocycles. The van der Waals surface area contributed by atoms with Crippen LogP contribution in [-0.2, 0) is 4.74 Å². The summed E-state index contributed by atoms with van der Waals surface area (Å²) in [6.45, 7) is 0. The number of esters is 1. The molecular weight excluding hydrogens is 222 g/mol. The second kappa shape index (κ2) is 5.02. The van der Waals surface area contributed by atoms with Crippen molar-refractivity contribution >= 4 is 24.9 Å². The van der Waals surface area contributed by atoms with Crippen molar-refractivity contribution in [3.63, 3.8) is 0 Å². The lowest BCUT2D eigenvalue weighted by molar-refractivity contribution is 0.0600. The standard InChI is InChI=1S/C8H8BClO5/c1-14-8(11)6-4-5(15-9(12)13)2-3-7(6)10/h2-4,12-13H,1H3. The predicted molar refractivity (Wildman–Crippen MR) is 53.6 cm³/mol. The van der Waals surface area contributed by atoms with Crippen LogP contribution in [0, 0.1) is 0 Å². The molecule has 5 nitrogen and oxygen atoms in total. The van der Waals surface area contributed by atoms with Crippen LogP contribution in [0.15, 0.2) is 18.2 Å². The maximum absolute atomic E-state index is 11.2. The predicted octanol–water partition coefficient (Wildman–Crippen LogP) is 0.475. The van der Waals surface area contributed by atoms with E-state index in [9.17, 15) is 4.79 Å². The van der Waals surface area contributed by atoms with Crippen molar-refractivity contribution < 1.29 is 24.2 Å². The van der Waals surface area contributed by atoms with E-state index in [2.05, 4.69) is 9.39 Å². The molecule has 0 fully saturated rings. The summed E-state index contributed by atoms with van der Waals surface area (Å²) in [5.74, 6) is -0.521. The van der Waals surface area contributed by atoms with Crippen molar-refractivity contribution in [1.29, 1.82) is 0 Å². The van der Waals surface area contributed by atoms with Crippen LogP contribution in [0.5, 0.6) is 5.75 Å². The van der Waals surface area contributed by atoms with Gasteiger partial charge in [-0.3, -0.25) is 0 Å². The van der Waals surface area contributed by atoms with Gasteiger partial charge in [0.25, 0.3) is 0 Å². The smallest absolute Gasteiger partial charge is 0.512 e. The molecule has 0 bridgehead atoms. The summed E-state index contributed by atoms with van der Waals surface area (Å²) >= 11 is 5.73. The molecule has 0 heterocycles. The average Bonchev–Trinajstić information content (AvgIpc) is 2.19. The van der Waals surface area contributed by atoms with Crippen molar-refractivity contribution in [2.45, 2.75) is 0 Å². The fourth-order valence-corrected chi connectivity index (χ4v) is 1.16. The van der Waals surface area contributed by atoms with Gasteiger partial charge in [-0.25, -0.2) is 4.79 Å². The van der Waals surface area contributed by atoms with E-state index in [-0.39, 0.29) is 16.3 Å². The number of carbonyl (C=O) groups is 1. The van der Waals surface area contributed by atoms with E-state index in [0.29, 0.717) is 0 Å². The highest BCUT2D eigenvalue weighted by atomic mass is 35.5. The Morgan fingerprint density at radius 2 is 2.13 bits per heavy atom. The highest BCUT2D eigenvalue weighted by Crippen LogP contribution is 2.22. The molecule has 15 heavy (non-hydrogen) atoms. The fraction of sp³-hybridized carbons (Fsp3) is 0.125. The van der Waals surface area contributed by atoms with Gasteiger partial charge in [-0.05, 0) is 18.2 Å². The van der Waals surface area contributed by atoms with Crippen molar-refractivity contribution in [1.82, 2.24) is 0 Å². The molecule has 0 radical (unpaired) electrons. The van der Waals surface area contributed by atoms with Gasteiger partial charge in [0.2, 0.25) is 0 Å². The lowest BCUT2D eigenvalue weighted by atomic mass is 10.2. The molecule has 0 atom stereocenters. The molecule has 0 unspecified atom stereocenters. The first kappa shape index (κ1) is 11.8. The maximum Gasteiger partial charge on any atom is 0.707 e. The summed E-state index contributed by atoms with van der Waals surface area (Å²) in [7, 11) is -0.732. The Labute approximate surface area is 91.4 Å². The number of hydrogen-bond acceptors (Lipinski definition) is 5. The first-order valence-electron chi connectivity index (χ1n) is 3.95. The van der Waals surface area contributed by atoms with Gasteiger partial charge >= 0.3 is 13.3 Å². The van der Waals surface area contributed by atoms with E-state index in [4.69, 9.17) is 21.6 Å². The Balaban J connectivity index is 3.00. The molecule has 1 aromatic rings. The molecule has 0 amide bonds. The zero-order valence-electron chi connectivity index (χ0n) is 7.81. The first-order chi connectivity index (χ1) is 7.04. The number of benzene rings is 1. The maximum atomic E-state index is 11.2. The summed E-state index contributed by atoms with van der Waals surface area (Å²) in [6.07, 6.45) is 0. The van der Waals surface area contributed by atoms with Gasteiger partial charge in [0.05, 0.1) is 17.7 Å². The Hall–Kier alpha value is -1.24. The van der Waals surface area contributed by atoms with E-state index in [1.165, 1.54) is 25.3 Å². The molecule has 0 saturated heterocycles. The molecule has 0 aliphatic rings. The van der Waals surface area contributed by atoms with E-state index >= 15 is 0 Å². The minimum Gasteiger partial charge on any atom is -0.512 e. The second-order valence-corrected chi connectivity index (χ2v) is 2.98. The minimum absolute atomic E-state index is 0.0947. The van der Waals surface area contributed by atoms with Crippen LogP contribution >= 0.6 is 11.6 Å². The lowest BCUT2D eigenvalue weighted by Crippen LogP contribution is -2.20. The van der Waals surface area contributed by atoms with Crippen LogP contribution in [0.1, 0.15) is 10.4 Å². The average molecular weight is 230 g/mol. The normalized spacial score (nSPS) is 9.60. The van der Waals surface area contributed by atoms with Crippen molar-refractivity contribution in [3.8, 4) is 5.75 Å². The third kappa shape index (κ3) is 3.12. The van der Waals surface area contributed by atoms with E-state index in [1.54, 1.807) is 0 Å². The summed E-state index contributed by atoms with van der Waals surface area (Å²) in [4.78, 5) is 11.2. The minimum atomic E-state index is -1.95. The Morgan fingerprint density at radius 1 is 1.47 bits per heavy atom. The molecule has 0 spiro atoms. The van der Waals surface area contributed by atoms with Crippen LogP contribution < -0.4 is 4.65 Å². The Morgan fingerprint density at radius 3 is 2.67 bits per heavy atom. The van der Waals surface area contributed by atoms with Crippen LogP contribution in [0.25, 0.3) is 0 Å². The van der Waals surface area contributed by atoms with Crippen LogP contribution in [-0.4, -0.2) is 30.4 Å². The Bertz CT molecular complexity index is 368. The zero-order valence-corrected chi connectivity index (χ0v) is 8.56. The lowest BCUT2D eigenvalue weighted by Gasteiger charge is -2.07. The third-order valence-corrected chi connectivity index (χ3v) is 1.91. The van der Waals surface area contributed by atoms with E-state index in [1.807, 2.05) is 0 Å². The number of rotatable bonds is 3. The molecule has 0 aromatic heterocycles. The zero-order chi connectivity index (χ0) is 11.4. The Kier molecular flexibility index (Phi) is 3.96. The molecule has 80 valence electrons. The summed E-state index contributed by atoms with van der Waals surface area (Å²) in [5.41, 5.74) is 0.0947. The summed E-state index contributed by atoms with van der Waals surface area (Å²) in [6, 6.07) is 4.05. The monoisotopic (exact) mass is 230 g/mol. The summed E-state index contributed by atoms with van der Waals surface area (Å²) < 4.78 is 9.02.